The Morgan fingerprint density at radius 3 is 2.90 bits per heavy atom. The summed E-state index contributed by atoms with van der Waals surface area (Å²) in [4.78, 5) is 0.794. The highest BCUT2D eigenvalue weighted by molar-refractivity contribution is 7.19. The lowest BCUT2D eigenvalue weighted by Crippen LogP contribution is -2.12. The van der Waals surface area contributed by atoms with Gasteiger partial charge in [0.05, 0.1) is 5.56 Å². The first-order valence-electron chi connectivity index (χ1n) is 6.75. The second-order valence-corrected chi connectivity index (χ2v) is 6.21. The molecular weight excluding hydrogens is 272 g/mol. The number of aromatic nitrogens is 4. The van der Waals surface area contributed by atoms with Gasteiger partial charge in [0.25, 0.3) is 0 Å². The molecule has 1 aliphatic rings. The minimum absolute atomic E-state index is 0.294. The largest absolute Gasteiger partial charge is 0.507 e. The van der Waals surface area contributed by atoms with Gasteiger partial charge < -0.3 is 5.11 Å². The zero-order valence-corrected chi connectivity index (χ0v) is 11.9. The Morgan fingerprint density at radius 1 is 1.30 bits per heavy atom. The van der Waals surface area contributed by atoms with E-state index in [2.05, 4.69) is 15.3 Å². The van der Waals surface area contributed by atoms with Gasteiger partial charge in [-0.15, -0.1) is 10.2 Å². The predicted octanol–water partition coefficient (Wildman–Crippen LogP) is 3.13. The van der Waals surface area contributed by atoms with E-state index < -0.39 is 0 Å². The average molecular weight is 286 g/mol. The Morgan fingerprint density at radius 2 is 2.15 bits per heavy atom. The van der Waals surface area contributed by atoms with Crippen molar-refractivity contribution in [2.75, 3.05) is 0 Å². The van der Waals surface area contributed by atoms with Gasteiger partial charge in [0.2, 0.25) is 4.96 Å². The number of phenols is 1. The molecule has 5 nitrogen and oxygen atoms in total. The second kappa shape index (κ2) is 4.28. The monoisotopic (exact) mass is 286 g/mol. The molecule has 2 aromatic heterocycles. The highest BCUT2D eigenvalue weighted by Gasteiger charge is 2.26. The molecule has 1 N–H and O–H groups in total. The number of phenolic OH excluding ortho intramolecular Hbond substituents is 1. The summed E-state index contributed by atoms with van der Waals surface area (Å²) in [6.45, 7) is 1.89. The van der Waals surface area contributed by atoms with E-state index in [1.165, 1.54) is 30.6 Å². The van der Waals surface area contributed by atoms with Gasteiger partial charge in [0.15, 0.2) is 10.8 Å². The molecule has 0 unspecified atom stereocenters. The number of aromatic hydroxyl groups is 1. The van der Waals surface area contributed by atoms with Crippen LogP contribution < -0.4 is 0 Å². The molecule has 0 spiro atoms. The molecule has 1 saturated carbocycles. The van der Waals surface area contributed by atoms with E-state index in [0.717, 1.165) is 26.9 Å². The van der Waals surface area contributed by atoms with Gasteiger partial charge in [0.1, 0.15) is 5.75 Å². The number of para-hydroxylation sites is 1. The van der Waals surface area contributed by atoms with E-state index in [1.807, 2.05) is 29.6 Å². The number of benzene rings is 1. The Labute approximate surface area is 119 Å². The second-order valence-electron chi connectivity index (χ2n) is 5.26. The molecule has 4 rings (SSSR count). The fraction of sp³-hybridized carbons (Fsp3) is 0.357. The Bertz CT molecular complexity index is 788. The minimum atomic E-state index is 0.294. The zero-order valence-electron chi connectivity index (χ0n) is 11.1. The molecular formula is C14H14N4OS. The van der Waals surface area contributed by atoms with E-state index in [0.29, 0.717) is 11.7 Å². The molecule has 0 saturated heterocycles. The highest BCUT2D eigenvalue weighted by Crippen LogP contribution is 2.38. The van der Waals surface area contributed by atoms with Crippen molar-refractivity contribution in [1.29, 1.82) is 0 Å². The topological polar surface area (TPSA) is 63.3 Å². The lowest BCUT2D eigenvalue weighted by atomic mass is 9.85. The maximum atomic E-state index is 10.2. The van der Waals surface area contributed by atoms with Crippen LogP contribution in [0.4, 0.5) is 0 Å². The Hall–Kier alpha value is -1.95. The number of fused-ring (bicyclic) bond motifs is 1. The van der Waals surface area contributed by atoms with Crippen LogP contribution in [0.1, 0.15) is 36.6 Å². The maximum absolute atomic E-state index is 10.2. The smallest absolute Gasteiger partial charge is 0.234 e. The van der Waals surface area contributed by atoms with Gasteiger partial charge in [-0.3, -0.25) is 0 Å². The molecule has 20 heavy (non-hydrogen) atoms. The third-order valence-corrected chi connectivity index (χ3v) is 4.89. The van der Waals surface area contributed by atoms with Gasteiger partial charge >= 0.3 is 0 Å². The van der Waals surface area contributed by atoms with Crippen LogP contribution in [-0.4, -0.2) is 24.9 Å². The van der Waals surface area contributed by atoms with Gasteiger partial charge in [-0.05, 0) is 31.4 Å². The molecule has 0 atom stereocenters. The Balaban J connectivity index is 1.84. The molecule has 1 fully saturated rings. The zero-order chi connectivity index (χ0) is 13.7. The van der Waals surface area contributed by atoms with Crippen LogP contribution in [0, 0.1) is 6.92 Å². The van der Waals surface area contributed by atoms with Gasteiger partial charge in [-0.1, -0.05) is 29.9 Å². The molecule has 1 aliphatic carbocycles. The number of hydrogen-bond donors (Lipinski definition) is 1. The van der Waals surface area contributed by atoms with Crippen LogP contribution in [0.15, 0.2) is 18.2 Å². The normalized spacial score (nSPS) is 15.7. The van der Waals surface area contributed by atoms with Gasteiger partial charge in [-0.25, -0.2) is 0 Å². The maximum Gasteiger partial charge on any atom is 0.234 e. The van der Waals surface area contributed by atoms with Crippen molar-refractivity contribution in [3.8, 4) is 16.3 Å². The average Bonchev–Trinajstić information content (AvgIpc) is 2.93. The third kappa shape index (κ3) is 1.64. The summed E-state index contributed by atoms with van der Waals surface area (Å²) in [5.41, 5.74) is 1.62. The minimum Gasteiger partial charge on any atom is -0.507 e. The van der Waals surface area contributed by atoms with Crippen molar-refractivity contribution in [2.24, 2.45) is 0 Å². The summed E-state index contributed by atoms with van der Waals surface area (Å²) in [5.74, 6) is 1.75. The van der Waals surface area contributed by atoms with Crippen molar-refractivity contribution in [3.63, 3.8) is 0 Å². The fourth-order valence-corrected chi connectivity index (χ4v) is 3.37. The van der Waals surface area contributed by atoms with Crippen LogP contribution in [0.5, 0.6) is 5.75 Å². The molecule has 2 heterocycles. The fourth-order valence-electron chi connectivity index (χ4n) is 2.49. The highest BCUT2D eigenvalue weighted by atomic mass is 32.1. The summed E-state index contributed by atoms with van der Waals surface area (Å²) in [5, 5.41) is 24.0. The van der Waals surface area contributed by atoms with Crippen LogP contribution in [0.2, 0.25) is 0 Å². The lowest BCUT2D eigenvalue weighted by Gasteiger charge is -2.22. The van der Waals surface area contributed by atoms with E-state index in [9.17, 15) is 5.11 Å². The standard InChI is InChI=1S/C14H14N4OS/c1-8-4-2-7-10(11(8)19)13-17-18-12(9-5-3-6-9)15-16-14(18)20-13/h2,4,7,9,19H,3,5-6H2,1H3. The van der Waals surface area contributed by atoms with Crippen molar-refractivity contribution in [1.82, 2.24) is 19.8 Å². The van der Waals surface area contributed by atoms with Crippen LogP contribution >= 0.6 is 11.3 Å². The summed E-state index contributed by atoms with van der Waals surface area (Å²) >= 11 is 1.46. The molecule has 0 amide bonds. The number of rotatable bonds is 2. The van der Waals surface area contributed by atoms with Crippen molar-refractivity contribution >= 4 is 16.3 Å². The summed E-state index contributed by atoms with van der Waals surface area (Å²) in [6, 6.07) is 5.70. The molecule has 0 radical (unpaired) electrons. The SMILES string of the molecule is Cc1cccc(-c2nn3c(C4CCC4)nnc3s2)c1O. The first-order chi connectivity index (χ1) is 9.74. The Kier molecular flexibility index (Phi) is 2.53. The van der Waals surface area contributed by atoms with Gasteiger partial charge in [0, 0.05) is 5.92 Å². The van der Waals surface area contributed by atoms with Crippen molar-refractivity contribution < 1.29 is 5.11 Å². The summed E-state index contributed by atoms with van der Waals surface area (Å²) in [6.07, 6.45) is 3.60. The van der Waals surface area contributed by atoms with E-state index >= 15 is 0 Å². The van der Waals surface area contributed by atoms with E-state index in [1.54, 1.807) is 0 Å². The van der Waals surface area contributed by atoms with Gasteiger partial charge in [-0.2, -0.15) is 9.61 Å². The molecule has 0 aliphatic heterocycles. The molecule has 3 aromatic rings. The van der Waals surface area contributed by atoms with Crippen LogP contribution in [0.3, 0.4) is 0 Å². The summed E-state index contributed by atoms with van der Waals surface area (Å²) in [7, 11) is 0. The van der Waals surface area contributed by atoms with Crippen molar-refractivity contribution in [3.05, 3.63) is 29.6 Å². The lowest BCUT2D eigenvalue weighted by molar-refractivity contribution is 0.395. The third-order valence-electron chi connectivity index (χ3n) is 3.95. The number of nitrogens with zero attached hydrogens (tertiary/aromatic N) is 4. The molecule has 1 aromatic carbocycles. The predicted molar refractivity (Wildman–Crippen MR) is 77.1 cm³/mol. The quantitative estimate of drug-likeness (QED) is 0.786. The van der Waals surface area contributed by atoms with Crippen molar-refractivity contribution in [2.45, 2.75) is 32.1 Å². The molecule has 0 bridgehead atoms. The van der Waals surface area contributed by atoms with Crippen LogP contribution in [0.25, 0.3) is 15.5 Å². The number of hydrogen-bond acceptors (Lipinski definition) is 5. The summed E-state index contributed by atoms with van der Waals surface area (Å²) < 4.78 is 1.84. The first kappa shape index (κ1) is 11.8. The molecule has 102 valence electrons. The van der Waals surface area contributed by atoms with Crippen LogP contribution in [-0.2, 0) is 0 Å². The molecule has 6 heteroatoms. The first-order valence-corrected chi connectivity index (χ1v) is 7.57. The van der Waals surface area contributed by atoms with E-state index in [4.69, 9.17) is 0 Å². The van der Waals surface area contributed by atoms with E-state index in [-0.39, 0.29) is 0 Å². The number of aryl methyl sites for hydroxylation is 1.